The standard InChI is InChI=1S/C18H28N4O3.HI/c1-3-19-17(20-13-14-6-5-7-16(23)12-14)21-15-8-10-22(11-9-15)18(24)25-4-2;/h5-7,12,15,23H,3-4,8-11,13H2,1-2H3,(H2,19,20,21);1H. The number of halogens is 1. The number of aromatic hydroxyl groups is 1. The number of likely N-dealkylation sites (tertiary alicyclic amines) is 1. The van der Waals surface area contributed by atoms with Crippen molar-refractivity contribution in [3.8, 4) is 5.75 Å². The molecule has 8 heteroatoms. The first-order valence-corrected chi connectivity index (χ1v) is 8.86. The maximum Gasteiger partial charge on any atom is 0.409 e. The molecule has 2 rings (SSSR count). The van der Waals surface area contributed by atoms with Gasteiger partial charge in [-0.2, -0.15) is 0 Å². The van der Waals surface area contributed by atoms with E-state index in [0.717, 1.165) is 30.9 Å². The van der Waals surface area contributed by atoms with E-state index in [1.165, 1.54) is 0 Å². The lowest BCUT2D eigenvalue weighted by Crippen LogP contribution is -2.49. The molecule has 0 unspecified atom stereocenters. The highest BCUT2D eigenvalue weighted by molar-refractivity contribution is 14.0. The first-order valence-electron chi connectivity index (χ1n) is 8.86. The Hall–Kier alpha value is -1.71. The molecule has 1 aromatic rings. The molecule has 3 N–H and O–H groups in total. The van der Waals surface area contributed by atoms with Crippen molar-refractivity contribution in [3.63, 3.8) is 0 Å². The average Bonchev–Trinajstić information content (AvgIpc) is 2.61. The topological polar surface area (TPSA) is 86.2 Å². The maximum absolute atomic E-state index is 11.7. The van der Waals surface area contributed by atoms with Crippen molar-refractivity contribution in [2.24, 2.45) is 4.99 Å². The van der Waals surface area contributed by atoms with Crippen molar-refractivity contribution in [1.82, 2.24) is 15.5 Å². The summed E-state index contributed by atoms with van der Waals surface area (Å²) in [7, 11) is 0. The van der Waals surface area contributed by atoms with Crippen molar-refractivity contribution in [3.05, 3.63) is 29.8 Å². The highest BCUT2D eigenvalue weighted by Gasteiger charge is 2.23. The molecule has 0 radical (unpaired) electrons. The number of guanidine groups is 1. The van der Waals surface area contributed by atoms with Crippen LogP contribution in [0, 0.1) is 0 Å². The number of piperidine rings is 1. The van der Waals surface area contributed by atoms with Crippen LogP contribution >= 0.6 is 24.0 Å². The van der Waals surface area contributed by atoms with Crippen LogP contribution in [0.3, 0.4) is 0 Å². The van der Waals surface area contributed by atoms with E-state index in [4.69, 9.17) is 4.74 Å². The smallest absolute Gasteiger partial charge is 0.409 e. The second-order valence-electron chi connectivity index (χ2n) is 5.97. The molecule has 0 saturated carbocycles. The maximum atomic E-state index is 11.7. The molecule has 0 bridgehead atoms. The minimum Gasteiger partial charge on any atom is -0.508 e. The van der Waals surface area contributed by atoms with Gasteiger partial charge in [-0.25, -0.2) is 9.79 Å². The molecule has 0 atom stereocenters. The molecule has 0 spiro atoms. The summed E-state index contributed by atoms with van der Waals surface area (Å²) in [6, 6.07) is 7.38. The predicted octanol–water partition coefficient (Wildman–Crippen LogP) is 2.69. The fourth-order valence-electron chi connectivity index (χ4n) is 2.76. The number of phenolic OH excluding ortho intramolecular Hbond substituents is 1. The third kappa shape index (κ3) is 7.27. The molecule has 1 amide bonds. The molecule has 26 heavy (non-hydrogen) atoms. The van der Waals surface area contributed by atoms with Gasteiger partial charge >= 0.3 is 6.09 Å². The Morgan fingerprint density at radius 2 is 2.08 bits per heavy atom. The van der Waals surface area contributed by atoms with Crippen LogP contribution in [-0.4, -0.2) is 54.3 Å². The molecule has 0 aliphatic carbocycles. The number of nitrogens with one attached hydrogen (secondary N) is 2. The first kappa shape index (κ1) is 22.3. The van der Waals surface area contributed by atoms with Crippen LogP contribution in [0.1, 0.15) is 32.3 Å². The third-order valence-electron chi connectivity index (χ3n) is 4.04. The number of hydrogen-bond donors (Lipinski definition) is 3. The molecule has 1 fully saturated rings. The number of nitrogens with zero attached hydrogens (tertiary/aromatic N) is 2. The van der Waals surface area contributed by atoms with Crippen LogP contribution in [0.25, 0.3) is 0 Å². The molecule has 1 saturated heterocycles. The van der Waals surface area contributed by atoms with E-state index in [0.29, 0.717) is 26.2 Å². The van der Waals surface area contributed by atoms with E-state index in [9.17, 15) is 9.90 Å². The lowest BCUT2D eigenvalue weighted by atomic mass is 10.1. The summed E-state index contributed by atoms with van der Waals surface area (Å²) in [6.45, 7) is 6.87. The van der Waals surface area contributed by atoms with Gasteiger partial charge in [0.2, 0.25) is 0 Å². The molecular formula is C18H29IN4O3. The number of carbonyl (C=O) groups is 1. The van der Waals surface area contributed by atoms with E-state index in [2.05, 4.69) is 15.6 Å². The van der Waals surface area contributed by atoms with E-state index in [1.807, 2.05) is 26.0 Å². The summed E-state index contributed by atoms with van der Waals surface area (Å²) < 4.78 is 5.04. The predicted molar refractivity (Wildman–Crippen MR) is 113 cm³/mol. The van der Waals surface area contributed by atoms with Crippen molar-refractivity contribution in [2.45, 2.75) is 39.3 Å². The highest BCUT2D eigenvalue weighted by atomic mass is 127. The molecule has 1 aliphatic heterocycles. The first-order chi connectivity index (χ1) is 12.1. The van der Waals surface area contributed by atoms with Crippen LogP contribution in [-0.2, 0) is 11.3 Å². The Kier molecular flexibility index (Phi) is 10.2. The Labute approximate surface area is 172 Å². The molecular weight excluding hydrogens is 447 g/mol. The van der Waals surface area contributed by atoms with E-state index in [1.54, 1.807) is 17.0 Å². The molecule has 0 aromatic heterocycles. The number of amides is 1. The normalized spacial score (nSPS) is 15.2. The van der Waals surface area contributed by atoms with Crippen molar-refractivity contribution in [2.75, 3.05) is 26.2 Å². The fourth-order valence-corrected chi connectivity index (χ4v) is 2.76. The van der Waals surface area contributed by atoms with E-state index in [-0.39, 0.29) is 41.9 Å². The van der Waals surface area contributed by atoms with Crippen LogP contribution in [0.4, 0.5) is 4.79 Å². The second kappa shape index (κ2) is 11.8. The number of hydrogen-bond acceptors (Lipinski definition) is 4. The minimum atomic E-state index is -0.231. The number of ether oxygens (including phenoxy) is 1. The highest BCUT2D eigenvalue weighted by Crippen LogP contribution is 2.13. The van der Waals surface area contributed by atoms with Gasteiger partial charge in [0.25, 0.3) is 0 Å². The van der Waals surface area contributed by atoms with Crippen molar-refractivity contribution < 1.29 is 14.6 Å². The molecule has 1 aromatic carbocycles. The number of phenols is 1. The Bertz CT molecular complexity index is 590. The summed E-state index contributed by atoms with van der Waals surface area (Å²) in [5, 5.41) is 16.2. The van der Waals surface area contributed by atoms with Gasteiger partial charge in [-0.05, 0) is 44.4 Å². The number of carbonyl (C=O) groups excluding carboxylic acids is 1. The summed E-state index contributed by atoms with van der Waals surface area (Å²) in [6.07, 6.45) is 1.48. The van der Waals surface area contributed by atoms with E-state index >= 15 is 0 Å². The summed E-state index contributed by atoms with van der Waals surface area (Å²) >= 11 is 0. The minimum absolute atomic E-state index is 0. The summed E-state index contributed by atoms with van der Waals surface area (Å²) in [4.78, 5) is 18.1. The summed E-state index contributed by atoms with van der Waals surface area (Å²) in [5.74, 6) is 0.998. The van der Waals surface area contributed by atoms with E-state index < -0.39 is 0 Å². The Morgan fingerprint density at radius 3 is 2.69 bits per heavy atom. The third-order valence-corrected chi connectivity index (χ3v) is 4.04. The number of rotatable bonds is 5. The van der Waals surface area contributed by atoms with Gasteiger partial charge in [-0.1, -0.05) is 12.1 Å². The number of aliphatic imine (C=N–C) groups is 1. The fraction of sp³-hybridized carbons (Fsp3) is 0.556. The molecule has 146 valence electrons. The van der Waals surface area contributed by atoms with Gasteiger partial charge in [0.05, 0.1) is 13.2 Å². The van der Waals surface area contributed by atoms with Gasteiger partial charge in [0, 0.05) is 25.7 Å². The number of benzene rings is 1. The Morgan fingerprint density at radius 1 is 1.35 bits per heavy atom. The largest absolute Gasteiger partial charge is 0.508 e. The quantitative estimate of drug-likeness (QED) is 0.346. The monoisotopic (exact) mass is 476 g/mol. The van der Waals surface area contributed by atoms with Crippen molar-refractivity contribution >= 4 is 36.0 Å². The van der Waals surface area contributed by atoms with Crippen LogP contribution in [0.15, 0.2) is 29.3 Å². The van der Waals surface area contributed by atoms with Crippen LogP contribution in [0.5, 0.6) is 5.75 Å². The SMILES string of the molecule is CCNC(=NCc1cccc(O)c1)NC1CCN(C(=O)OCC)CC1.I. The second-order valence-corrected chi connectivity index (χ2v) is 5.97. The Balaban J connectivity index is 0.00000338. The van der Waals surface area contributed by atoms with Gasteiger partial charge in [0.1, 0.15) is 5.75 Å². The van der Waals surface area contributed by atoms with Gasteiger partial charge in [-0.3, -0.25) is 0 Å². The zero-order chi connectivity index (χ0) is 18.1. The van der Waals surface area contributed by atoms with Gasteiger partial charge in [0.15, 0.2) is 5.96 Å². The van der Waals surface area contributed by atoms with Crippen LogP contribution < -0.4 is 10.6 Å². The van der Waals surface area contributed by atoms with Gasteiger partial charge < -0.3 is 25.4 Å². The molecule has 1 heterocycles. The van der Waals surface area contributed by atoms with Crippen LogP contribution in [0.2, 0.25) is 0 Å². The summed E-state index contributed by atoms with van der Waals surface area (Å²) in [5.41, 5.74) is 0.953. The zero-order valence-corrected chi connectivity index (χ0v) is 17.7. The average molecular weight is 476 g/mol. The van der Waals surface area contributed by atoms with Gasteiger partial charge in [-0.15, -0.1) is 24.0 Å². The molecule has 7 nitrogen and oxygen atoms in total. The van der Waals surface area contributed by atoms with Crippen molar-refractivity contribution in [1.29, 1.82) is 0 Å². The lowest BCUT2D eigenvalue weighted by molar-refractivity contribution is 0.0963. The lowest BCUT2D eigenvalue weighted by Gasteiger charge is -2.32. The molecule has 1 aliphatic rings. The zero-order valence-electron chi connectivity index (χ0n) is 15.4.